The van der Waals surface area contributed by atoms with Crippen LogP contribution in [0.5, 0.6) is 0 Å². The molecule has 3 rings (SSSR count). The highest BCUT2D eigenvalue weighted by atomic mass is 32.1. The Balaban J connectivity index is 2.02. The van der Waals surface area contributed by atoms with Crippen LogP contribution in [0.25, 0.3) is 0 Å². The van der Waals surface area contributed by atoms with Gasteiger partial charge in [-0.3, -0.25) is 4.79 Å². The van der Waals surface area contributed by atoms with E-state index in [4.69, 9.17) is 0 Å². The van der Waals surface area contributed by atoms with Gasteiger partial charge >= 0.3 is 0 Å². The lowest BCUT2D eigenvalue weighted by Gasteiger charge is -2.24. The molecule has 0 saturated carbocycles. The van der Waals surface area contributed by atoms with Crippen LogP contribution in [0.3, 0.4) is 0 Å². The van der Waals surface area contributed by atoms with Crippen molar-refractivity contribution in [2.24, 2.45) is 0 Å². The Labute approximate surface area is 136 Å². The third kappa shape index (κ3) is 2.86. The average Bonchev–Trinajstić information content (AvgIpc) is 2.90. The van der Waals surface area contributed by atoms with Crippen molar-refractivity contribution in [3.63, 3.8) is 0 Å². The number of carbonyl (C=O) groups excluding carboxylic acids is 1. The van der Waals surface area contributed by atoms with Gasteiger partial charge in [0.1, 0.15) is 0 Å². The zero-order chi connectivity index (χ0) is 15.5. The molecule has 1 amide bonds. The molecule has 2 aromatic rings. The first kappa shape index (κ1) is 15.0. The topological polar surface area (TPSA) is 20.3 Å². The fourth-order valence-corrected chi connectivity index (χ4v) is 4.27. The molecule has 114 valence electrons. The van der Waals surface area contributed by atoms with E-state index in [0.29, 0.717) is 0 Å². The van der Waals surface area contributed by atoms with Gasteiger partial charge in [-0.2, -0.15) is 0 Å². The fraction of sp³-hybridized carbons (Fsp3) is 0.316. The molecule has 0 radical (unpaired) electrons. The minimum absolute atomic E-state index is 0.0341. The number of hydrogen-bond acceptors (Lipinski definition) is 2. The highest BCUT2D eigenvalue weighted by Crippen LogP contribution is 2.36. The maximum atomic E-state index is 12.1. The van der Waals surface area contributed by atoms with Crippen molar-refractivity contribution in [2.75, 3.05) is 13.1 Å². The summed E-state index contributed by atoms with van der Waals surface area (Å²) in [5.74, 6) is 0.297. The van der Waals surface area contributed by atoms with Crippen molar-refractivity contribution < 1.29 is 4.79 Å². The van der Waals surface area contributed by atoms with Gasteiger partial charge in [-0.15, -0.1) is 11.3 Å². The second-order valence-corrected chi connectivity index (χ2v) is 6.87. The van der Waals surface area contributed by atoms with Gasteiger partial charge in [-0.05, 0) is 36.1 Å². The lowest BCUT2D eigenvalue weighted by Crippen LogP contribution is -2.33. The smallest absolute Gasteiger partial charge is 0.245 e. The van der Waals surface area contributed by atoms with Crippen LogP contribution in [0.15, 0.2) is 49.1 Å². The average molecular weight is 311 g/mol. The first-order valence-electron chi connectivity index (χ1n) is 7.80. The number of aryl methyl sites for hydroxylation is 1. The van der Waals surface area contributed by atoms with Crippen LogP contribution in [0.2, 0.25) is 0 Å². The number of amides is 1. The van der Waals surface area contributed by atoms with Crippen molar-refractivity contribution in [1.82, 2.24) is 4.90 Å². The Morgan fingerprint density at radius 3 is 2.86 bits per heavy atom. The molecule has 1 aliphatic heterocycles. The van der Waals surface area contributed by atoms with E-state index in [2.05, 4.69) is 43.8 Å². The summed E-state index contributed by atoms with van der Waals surface area (Å²) >= 11 is 1.90. The monoisotopic (exact) mass is 311 g/mol. The second kappa shape index (κ2) is 6.49. The highest BCUT2D eigenvalue weighted by molar-refractivity contribution is 7.12. The zero-order valence-electron chi connectivity index (χ0n) is 12.9. The van der Waals surface area contributed by atoms with E-state index in [-0.39, 0.29) is 11.8 Å². The van der Waals surface area contributed by atoms with Crippen molar-refractivity contribution in [1.29, 1.82) is 0 Å². The quantitative estimate of drug-likeness (QED) is 0.784. The summed E-state index contributed by atoms with van der Waals surface area (Å²) in [5, 5.41) is 0. The van der Waals surface area contributed by atoms with E-state index < -0.39 is 0 Å². The molecule has 0 N–H and O–H groups in total. The first-order chi connectivity index (χ1) is 10.7. The third-order valence-corrected chi connectivity index (χ3v) is 5.67. The summed E-state index contributed by atoms with van der Waals surface area (Å²) < 4.78 is 0. The van der Waals surface area contributed by atoms with E-state index in [1.165, 1.54) is 27.0 Å². The fourth-order valence-electron chi connectivity index (χ4n) is 3.11. The minimum atomic E-state index is 0.0341. The number of thiophene rings is 1. The molecule has 0 unspecified atom stereocenters. The van der Waals surface area contributed by atoms with E-state index >= 15 is 0 Å². The van der Waals surface area contributed by atoms with Crippen molar-refractivity contribution >= 4 is 17.2 Å². The molecular formula is C19H21NOS. The van der Waals surface area contributed by atoms with Gasteiger partial charge < -0.3 is 4.90 Å². The van der Waals surface area contributed by atoms with Crippen molar-refractivity contribution in [3.8, 4) is 0 Å². The molecule has 1 aromatic heterocycles. The molecule has 0 fully saturated rings. The number of nitrogens with zero attached hydrogens (tertiary/aromatic N) is 1. The number of benzene rings is 1. The normalized spacial score (nSPS) is 17.7. The summed E-state index contributed by atoms with van der Waals surface area (Å²) in [5.41, 5.74) is 2.69. The number of rotatable bonds is 3. The number of hydrogen-bond donors (Lipinski definition) is 0. The van der Waals surface area contributed by atoms with Crippen LogP contribution < -0.4 is 0 Å². The Bertz CT molecular complexity index is 674. The number of fused-ring (bicyclic) bond motifs is 1. The van der Waals surface area contributed by atoms with Crippen LogP contribution in [0, 0.1) is 0 Å². The van der Waals surface area contributed by atoms with Gasteiger partial charge in [0.25, 0.3) is 0 Å². The minimum Gasteiger partial charge on any atom is -0.338 e. The lowest BCUT2D eigenvalue weighted by molar-refractivity contribution is -0.126. The van der Waals surface area contributed by atoms with E-state index in [1.807, 2.05) is 22.3 Å². The van der Waals surface area contributed by atoms with E-state index in [9.17, 15) is 4.79 Å². The van der Waals surface area contributed by atoms with Gasteiger partial charge in [-0.25, -0.2) is 0 Å². The van der Waals surface area contributed by atoms with Gasteiger partial charge in [0, 0.05) is 28.8 Å². The van der Waals surface area contributed by atoms with Crippen LogP contribution in [0.4, 0.5) is 0 Å². The molecule has 0 aliphatic carbocycles. The Hall–Kier alpha value is -1.87. The van der Waals surface area contributed by atoms with Gasteiger partial charge in [0.05, 0.1) is 0 Å². The molecule has 2 heterocycles. The summed E-state index contributed by atoms with van der Waals surface area (Å²) in [6.07, 6.45) is 3.45. The molecule has 1 aromatic carbocycles. The summed E-state index contributed by atoms with van der Waals surface area (Å²) in [4.78, 5) is 16.9. The zero-order valence-corrected chi connectivity index (χ0v) is 13.7. The Morgan fingerprint density at radius 2 is 2.18 bits per heavy atom. The molecule has 0 spiro atoms. The Kier molecular flexibility index (Phi) is 4.44. The molecule has 3 heteroatoms. The maximum Gasteiger partial charge on any atom is 0.245 e. The summed E-state index contributed by atoms with van der Waals surface area (Å²) in [6.45, 7) is 7.36. The SMILES string of the molecule is C=CC(=O)N1CCc2sc(CC)cc2[C@H](c2ccccc2)C1. The third-order valence-electron chi connectivity index (χ3n) is 4.32. The molecule has 1 atom stereocenters. The summed E-state index contributed by atoms with van der Waals surface area (Å²) in [6, 6.07) is 12.9. The first-order valence-corrected chi connectivity index (χ1v) is 8.62. The van der Waals surface area contributed by atoms with Gasteiger partial charge in [0.15, 0.2) is 0 Å². The van der Waals surface area contributed by atoms with E-state index in [0.717, 1.165) is 25.9 Å². The molecular weight excluding hydrogens is 290 g/mol. The molecule has 0 bridgehead atoms. The summed E-state index contributed by atoms with van der Waals surface area (Å²) in [7, 11) is 0. The van der Waals surface area contributed by atoms with Gasteiger partial charge in [-0.1, -0.05) is 43.8 Å². The van der Waals surface area contributed by atoms with Crippen LogP contribution in [-0.4, -0.2) is 23.9 Å². The molecule has 0 saturated heterocycles. The Morgan fingerprint density at radius 1 is 1.41 bits per heavy atom. The van der Waals surface area contributed by atoms with Crippen LogP contribution in [0.1, 0.15) is 33.7 Å². The largest absolute Gasteiger partial charge is 0.338 e. The molecule has 22 heavy (non-hydrogen) atoms. The van der Waals surface area contributed by atoms with Gasteiger partial charge in [0.2, 0.25) is 5.91 Å². The molecule has 2 nitrogen and oxygen atoms in total. The van der Waals surface area contributed by atoms with Crippen LogP contribution in [-0.2, 0) is 17.6 Å². The van der Waals surface area contributed by atoms with Crippen LogP contribution >= 0.6 is 11.3 Å². The predicted molar refractivity (Wildman–Crippen MR) is 92.5 cm³/mol. The predicted octanol–water partition coefficient (Wildman–Crippen LogP) is 4.01. The molecule has 1 aliphatic rings. The lowest BCUT2D eigenvalue weighted by atomic mass is 9.91. The maximum absolute atomic E-state index is 12.1. The van der Waals surface area contributed by atoms with E-state index in [1.54, 1.807) is 0 Å². The number of carbonyl (C=O) groups is 1. The van der Waals surface area contributed by atoms with Crippen molar-refractivity contribution in [2.45, 2.75) is 25.7 Å². The second-order valence-electron chi connectivity index (χ2n) is 5.65. The standard InChI is InChI=1S/C19H21NOS/c1-3-15-12-16-17(14-8-6-5-7-9-14)13-20(19(21)4-2)11-10-18(16)22-15/h4-9,12,17H,2-3,10-11,13H2,1H3/t17-/m0/s1. The highest BCUT2D eigenvalue weighted by Gasteiger charge is 2.27. The van der Waals surface area contributed by atoms with Crippen molar-refractivity contribution in [3.05, 3.63) is 69.9 Å².